The Balaban J connectivity index is 2.19. The second kappa shape index (κ2) is 7.69. The molecule has 5 nitrogen and oxygen atoms in total. The predicted molar refractivity (Wildman–Crippen MR) is 84.6 cm³/mol. The molecule has 1 aliphatic rings. The van der Waals surface area contributed by atoms with Crippen LogP contribution in [0.3, 0.4) is 0 Å². The van der Waals surface area contributed by atoms with Crippen molar-refractivity contribution >= 4 is 12.0 Å². The average molecular weight is 394 g/mol. The second-order valence-electron chi connectivity index (χ2n) is 7.06. The van der Waals surface area contributed by atoms with Crippen LogP contribution in [-0.4, -0.2) is 53.6 Å². The van der Waals surface area contributed by atoms with E-state index in [4.69, 9.17) is 4.74 Å². The van der Waals surface area contributed by atoms with Crippen LogP contribution in [0.2, 0.25) is 0 Å². The number of ether oxygens (including phenoxy) is 1. The SMILES string of the molecule is CC(C)(C)OC(=O)N1CCCN(C(=O)c2c(F)c(F)c(F)c(F)c2F)CC1. The first-order valence-electron chi connectivity index (χ1n) is 8.22. The average Bonchev–Trinajstić information content (AvgIpc) is 2.83. The molecule has 0 unspecified atom stereocenters. The van der Waals surface area contributed by atoms with E-state index in [0.29, 0.717) is 0 Å². The van der Waals surface area contributed by atoms with Crippen LogP contribution in [0.5, 0.6) is 0 Å². The molecule has 2 rings (SSSR count). The summed E-state index contributed by atoms with van der Waals surface area (Å²) in [7, 11) is 0. The van der Waals surface area contributed by atoms with Crippen molar-refractivity contribution in [1.29, 1.82) is 0 Å². The van der Waals surface area contributed by atoms with Gasteiger partial charge in [0.05, 0.1) is 0 Å². The van der Waals surface area contributed by atoms with Gasteiger partial charge in [0.2, 0.25) is 5.82 Å². The summed E-state index contributed by atoms with van der Waals surface area (Å²) in [5.74, 6) is -12.4. The van der Waals surface area contributed by atoms with E-state index in [0.717, 1.165) is 4.90 Å². The molecule has 1 aromatic carbocycles. The molecule has 0 saturated carbocycles. The lowest BCUT2D eigenvalue weighted by Crippen LogP contribution is -2.40. The summed E-state index contributed by atoms with van der Waals surface area (Å²) in [6.45, 7) is 5.10. The Morgan fingerprint density at radius 2 is 1.22 bits per heavy atom. The van der Waals surface area contributed by atoms with Crippen molar-refractivity contribution in [3.63, 3.8) is 0 Å². The summed E-state index contributed by atoms with van der Waals surface area (Å²) < 4.78 is 72.7. The first-order valence-corrected chi connectivity index (χ1v) is 8.22. The Bertz CT molecular complexity index is 735. The number of nitrogens with zero attached hydrogens (tertiary/aromatic N) is 2. The first-order chi connectivity index (χ1) is 12.4. The van der Waals surface area contributed by atoms with Crippen molar-refractivity contribution in [2.75, 3.05) is 26.2 Å². The van der Waals surface area contributed by atoms with Crippen molar-refractivity contribution in [2.24, 2.45) is 0 Å². The molecule has 1 heterocycles. The van der Waals surface area contributed by atoms with Crippen LogP contribution < -0.4 is 0 Å². The van der Waals surface area contributed by atoms with Gasteiger partial charge in [-0.3, -0.25) is 4.79 Å². The molecule has 0 aliphatic carbocycles. The van der Waals surface area contributed by atoms with Crippen molar-refractivity contribution in [2.45, 2.75) is 32.8 Å². The van der Waals surface area contributed by atoms with E-state index in [1.54, 1.807) is 20.8 Å². The molecule has 0 atom stereocenters. The van der Waals surface area contributed by atoms with E-state index in [2.05, 4.69) is 0 Å². The third kappa shape index (κ3) is 4.48. The molecule has 1 aliphatic heterocycles. The molecule has 1 aromatic rings. The first kappa shape index (κ1) is 20.9. The van der Waals surface area contributed by atoms with Crippen LogP contribution in [0.15, 0.2) is 0 Å². The van der Waals surface area contributed by atoms with Crippen molar-refractivity contribution in [1.82, 2.24) is 9.80 Å². The zero-order valence-corrected chi connectivity index (χ0v) is 15.0. The molecule has 0 N–H and O–H groups in total. The lowest BCUT2D eigenvalue weighted by Gasteiger charge is -2.26. The molecule has 150 valence electrons. The number of benzene rings is 1. The second-order valence-corrected chi connectivity index (χ2v) is 7.06. The van der Waals surface area contributed by atoms with Crippen molar-refractivity contribution in [3.05, 3.63) is 34.6 Å². The molecule has 0 spiro atoms. The fraction of sp³-hybridized carbons (Fsp3) is 0.529. The Morgan fingerprint density at radius 1 is 0.778 bits per heavy atom. The minimum absolute atomic E-state index is 0.00392. The topological polar surface area (TPSA) is 49.9 Å². The van der Waals surface area contributed by atoms with Gasteiger partial charge in [0, 0.05) is 26.2 Å². The van der Waals surface area contributed by atoms with Gasteiger partial charge in [-0.15, -0.1) is 0 Å². The van der Waals surface area contributed by atoms with Crippen LogP contribution in [0.1, 0.15) is 37.6 Å². The number of hydrogen-bond acceptors (Lipinski definition) is 3. The van der Waals surface area contributed by atoms with Gasteiger partial charge in [-0.25, -0.2) is 26.7 Å². The van der Waals surface area contributed by atoms with Gasteiger partial charge in [-0.05, 0) is 27.2 Å². The van der Waals surface area contributed by atoms with Crippen LogP contribution in [0, 0.1) is 29.1 Å². The van der Waals surface area contributed by atoms with Gasteiger partial charge in [0.25, 0.3) is 5.91 Å². The highest BCUT2D eigenvalue weighted by atomic mass is 19.2. The molecule has 0 aromatic heterocycles. The maximum absolute atomic E-state index is 13.8. The molecule has 27 heavy (non-hydrogen) atoms. The van der Waals surface area contributed by atoms with Gasteiger partial charge in [0.15, 0.2) is 23.3 Å². The molecule has 0 bridgehead atoms. The monoisotopic (exact) mass is 394 g/mol. The summed E-state index contributed by atoms with van der Waals surface area (Å²) in [5, 5.41) is 0. The molecular weight excluding hydrogens is 375 g/mol. The number of carbonyl (C=O) groups excluding carboxylic acids is 2. The summed E-state index contributed by atoms with van der Waals surface area (Å²) in [6.07, 6.45) is -0.367. The lowest BCUT2D eigenvalue weighted by molar-refractivity contribution is 0.0255. The van der Waals surface area contributed by atoms with E-state index < -0.39 is 52.3 Å². The van der Waals surface area contributed by atoms with Crippen molar-refractivity contribution < 1.29 is 36.3 Å². The molecule has 1 saturated heterocycles. The third-order valence-electron chi connectivity index (χ3n) is 3.86. The Morgan fingerprint density at radius 3 is 1.74 bits per heavy atom. The predicted octanol–water partition coefficient (Wildman–Crippen LogP) is 3.47. The van der Waals surface area contributed by atoms with E-state index in [1.165, 1.54) is 4.90 Å². The smallest absolute Gasteiger partial charge is 0.410 e. The fourth-order valence-electron chi connectivity index (χ4n) is 2.58. The zero-order valence-electron chi connectivity index (χ0n) is 15.0. The van der Waals surface area contributed by atoms with Crippen molar-refractivity contribution in [3.8, 4) is 0 Å². The van der Waals surface area contributed by atoms with Gasteiger partial charge >= 0.3 is 6.09 Å². The molecule has 10 heteroatoms. The largest absolute Gasteiger partial charge is 0.444 e. The van der Waals surface area contributed by atoms with Gasteiger partial charge in [-0.1, -0.05) is 0 Å². The van der Waals surface area contributed by atoms with E-state index in [1.807, 2.05) is 0 Å². The van der Waals surface area contributed by atoms with Crippen LogP contribution in [0.4, 0.5) is 26.7 Å². The minimum Gasteiger partial charge on any atom is -0.444 e. The number of rotatable bonds is 1. The number of amides is 2. The minimum atomic E-state index is -2.33. The molecular formula is C17H19F5N2O3. The normalized spacial score (nSPS) is 15.6. The Kier molecular flexibility index (Phi) is 5.96. The number of halogens is 5. The quantitative estimate of drug-likeness (QED) is 0.416. The van der Waals surface area contributed by atoms with Gasteiger partial charge in [0.1, 0.15) is 11.2 Å². The van der Waals surface area contributed by atoms with E-state index in [9.17, 15) is 31.5 Å². The van der Waals surface area contributed by atoms with E-state index in [-0.39, 0.29) is 32.6 Å². The highest BCUT2D eigenvalue weighted by molar-refractivity contribution is 5.95. The summed E-state index contributed by atoms with van der Waals surface area (Å²) in [5.41, 5.74) is -2.23. The highest BCUT2D eigenvalue weighted by Gasteiger charge is 2.33. The number of carbonyl (C=O) groups is 2. The van der Waals surface area contributed by atoms with Gasteiger partial charge in [-0.2, -0.15) is 0 Å². The highest BCUT2D eigenvalue weighted by Crippen LogP contribution is 2.24. The Labute approximate surface area is 152 Å². The maximum Gasteiger partial charge on any atom is 0.410 e. The molecule has 1 fully saturated rings. The third-order valence-corrected chi connectivity index (χ3v) is 3.86. The Hall–Kier alpha value is -2.39. The fourth-order valence-corrected chi connectivity index (χ4v) is 2.58. The summed E-state index contributed by atoms with van der Waals surface area (Å²) >= 11 is 0. The molecule has 0 radical (unpaired) electrons. The number of hydrogen-bond donors (Lipinski definition) is 0. The lowest BCUT2D eigenvalue weighted by atomic mass is 10.1. The van der Waals surface area contributed by atoms with Crippen LogP contribution >= 0.6 is 0 Å². The van der Waals surface area contributed by atoms with E-state index >= 15 is 0 Å². The standard InChI is InChI=1S/C17H19F5N2O3/c1-17(2,3)27-16(26)24-6-4-5-23(7-8-24)15(25)9-10(18)12(20)14(22)13(21)11(9)19/h4-8H2,1-3H3. The van der Waals surface area contributed by atoms with Crippen LogP contribution in [-0.2, 0) is 4.74 Å². The summed E-state index contributed by atoms with van der Waals surface area (Å²) in [4.78, 5) is 26.7. The molecule has 2 amide bonds. The van der Waals surface area contributed by atoms with Gasteiger partial charge < -0.3 is 14.5 Å². The maximum atomic E-state index is 13.8. The van der Waals surface area contributed by atoms with Crippen LogP contribution in [0.25, 0.3) is 0 Å². The zero-order chi connectivity index (χ0) is 20.5. The summed E-state index contributed by atoms with van der Waals surface area (Å²) in [6, 6.07) is 0.